The summed E-state index contributed by atoms with van der Waals surface area (Å²) in [5, 5.41) is 6.11. The van der Waals surface area contributed by atoms with Crippen LogP contribution in [0.5, 0.6) is 0 Å². The Balaban J connectivity index is 1.06. The molecule has 0 aliphatic carbocycles. The zero-order valence-electron chi connectivity index (χ0n) is 29.1. The first-order chi connectivity index (χ1) is 26.8. The first-order valence-electron chi connectivity index (χ1n) is 18.2. The van der Waals surface area contributed by atoms with Crippen molar-refractivity contribution in [1.82, 2.24) is 14.5 Å². The topological polar surface area (TPSA) is 30.7 Å². The normalized spacial score (nSPS) is 11.7. The summed E-state index contributed by atoms with van der Waals surface area (Å²) in [6, 6.07) is 67.2. The van der Waals surface area contributed by atoms with Crippen molar-refractivity contribution in [2.24, 2.45) is 0 Å². The summed E-state index contributed by atoms with van der Waals surface area (Å²) in [6.07, 6.45) is 0. The first-order valence-corrected chi connectivity index (χ1v) is 19.1. The molecule has 0 unspecified atom stereocenters. The van der Waals surface area contributed by atoms with Gasteiger partial charge < -0.3 is 4.57 Å². The number of nitrogens with zero attached hydrogens (tertiary/aromatic N) is 3. The summed E-state index contributed by atoms with van der Waals surface area (Å²) in [4.78, 5) is 10.5. The van der Waals surface area contributed by atoms with Gasteiger partial charge in [0.05, 0.1) is 22.2 Å². The van der Waals surface area contributed by atoms with Gasteiger partial charge in [-0.2, -0.15) is 0 Å². The van der Waals surface area contributed by atoms with Crippen molar-refractivity contribution in [1.29, 1.82) is 0 Å². The molecule has 8 aromatic carbocycles. The Hall–Kier alpha value is -6.88. The highest BCUT2D eigenvalue weighted by Crippen LogP contribution is 2.41. The average molecular weight is 706 g/mol. The lowest BCUT2D eigenvalue weighted by atomic mass is 9.98. The van der Waals surface area contributed by atoms with Crippen molar-refractivity contribution < 1.29 is 0 Å². The average Bonchev–Trinajstić information content (AvgIpc) is 3.79. The molecule has 11 aromatic rings. The van der Waals surface area contributed by atoms with Gasteiger partial charge in [0.2, 0.25) is 0 Å². The summed E-state index contributed by atoms with van der Waals surface area (Å²) in [5.41, 5.74) is 12.1. The lowest BCUT2D eigenvalue weighted by Gasteiger charge is -2.13. The second kappa shape index (κ2) is 12.4. The maximum Gasteiger partial charge on any atom is 0.160 e. The van der Waals surface area contributed by atoms with Gasteiger partial charge in [-0.25, -0.2) is 9.97 Å². The van der Waals surface area contributed by atoms with Crippen molar-refractivity contribution in [2.45, 2.75) is 0 Å². The lowest BCUT2D eigenvalue weighted by molar-refractivity contribution is 1.18. The van der Waals surface area contributed by atoms with Crippen LogP contribution < -0.4 is 0 Å². The van der Waals surface area contributed by atoms with E-state index in [1.54, 1.807) is 0 Å². The number of fused-ring (bicyclic) bond motifs is 7. The zero-order valence-corrected chi connectivity index (χ0v) is 30.0. The van der Waals surface area contributed by atoms with Crippen molar-refractivity contribution in [3.63, 3.8) is 0 Å². The van der Waals surface area contributed by atoms with E-state index in [0.717, 1.165) is 50.1 Å². The smallest absolute Gasteiger partial charge is 0.160 e. The van der Waals surface area contributed by atoms with E-state index in [4.69, 9.17) is 9.97 Å². The Kier molecular flexibility index (Phi) is 7.04. The highest BCUT2D eigenvalue weighted by Gasteiger charge is 2.17. The maximum atomic E-state index is 5.33. The van der Waals surface area contributed by atoms with E-state index in [1.165, 1.54) is 47.5 Å². The van der Waals surface area contributed by atoms with Crippen molar-refractivity contribution in [3.8, 4) is 50.6 Å². The predicted octanol–water partition coefficient (Wildman–Crippen LogP) is 13.8. The summed E-state index contributed by atoms with van der Waals surface area (Å²) in [5.74, 6) is 0.716. The molecule has 4 heteroatoms. The van der Waals surface area contributed by atoms with E-state index in [0.29, 0.717) is 5.82 Å². The molecule has 0 bridgehead atoms. The van der Waals surface area contributed by atoms with Gasteiger partial charge in [0.25, 0.3) is 0 Å². The SMILES string of the molecule is c1ccc(-c2nc(-c3cccc(-c4cccc5c4sc4ccccc45)c3)nc3ccc(-c4ccc5c6ccccc6n(-c6ccccc6)c5c4)cc23)cc1. The Morgan fingerprint density at radius 2 is 1.06 bits per heavy atom. The van der Waals surface area contributed by atoms with Crippen molar-refractivity contribution in [3.05, 3.63) is 188 Å². The van der Waals surface area contributed by atoms with Crippen LogP contribution in [0, 0.1) is 0 Å². The Bertz CT molecular complexity index is 3210. The minimum Gasteiger partial charge on any atom is -0.309 e. The van der Waals surface area contributed by atoms with Crippen LogP contribution in [0.15, 0.2) is 188 Å². The van der Waals surface area contributed by atoms with E-state index in [1.807, 2.05) is 11.3 Å². The number of rotatable bonds is 5. The van der Waals surface area contributed by atoms with Gasteiger partial charge in [-0.1, -0.05) is 140 Å². The van der Waals surface area contributed by atoms with Crippen LogP contribution in [-0.2, 0) is 0 Å². The van der Waals surface area contributed by atoms with E-state index < -0.39 is 0 Å². The lowest BCUT2D eigenvalue weighted by Crippen LogP contribution is -1.96. The third kappa shape index (κ3) is 4.96. The molecule has 3 nitrogen and oxygen atoms in total. The zero-order chi connectivity index (χ0) is 35.6. The van der Waals surface area contributed by atoms with Crippen LogP contribution in [0.4, 0.5) is 0 Å². The standard InChI is InChI=1S/C50H31N3S/c1-3-13-32(14-4-1)48-43-30-33(34-25-27-40-39-19-7-9-23-45(39)53(46(40)31-34)37-17-5-2-6-18-37)26-28-44(43)51-50(52-48)36-16-11-15-35(29-36)38-21-12-22-42-41-20-8-10-24-47(41)54-49(38)42/h1-31H. The molecule has 252 valence electrons. The molecule has 0 aliphatic heterocycles. The molecule has 0 radical (unpaired) electrons. The third-order valence-electron chi connectivity index (χ3n) is 10.6. The molecule has 0 amide bonds. The highest BCUT2D eigenvalue weighted by molar-refractivity contribution is 7.26. The van der Waals surface area contributed by atoms with E-state index in [2.05, 4.69) is 193 Å². The molecule has 0 fully saturated rings. The number of para-hydroxylation sites is 2. The molecular weight excluding hydrogens is 675 g/mol. The molecule has 3 heterocycles. The van der Waals surface area contributed by atoms with Gasteiger partial charge in [-0.3, -0.25) is 0 Å². The van der Waals surface area contributed by atoms with Gasteiger partial charge in [-0.05, 0) is 70.8 Å². The molecule has 11 rings (SSSR count). The monoisotopic (exact) mass is 705 g/mol. The fourth-order valence-electron chi connectivity index (χ4n) is 8.06. The molecule has 0 spiro atoms. The fraction of sp³-hybridized carbons (Fsp3) is 0. The van der Waals surface area contributed by atoms with E-state index in [-0.39, 0.29) is 0 Å². The molecule has 0 aliphatic rings. The van der Waals surface area contributed by atoms with Crippen LogP contribution >= 0.6 is 11.3 Å². The van der Waals surface area contributed by atoms with Crippen molar-refractivity contribution >= 4 is 64.2 Å². The number of hydrogen-bond acceptors (Lipinski definition) is 3. The van der Waals surface area contributed by atoms with Crippen molar-refractivity contribution in [2.75, 3.05) is 0 Å². The minimum absolute atomic E-state index is 0.716. The summed E-state index contributed by atoms with van der Waals surface area (Å²) in [6.45, 7) is 0. The molecule has 0 saturated carbocycles. The second-order valence-corrected chi connectivity index (χ2v) is 14.8. The number of hydrogen-bond donors (Lipinski definition) is 0. The van der Waals surface area contributed by atoms with Crippen LogP contribution in [0.3, 0.4) is 0 Å². The van der Waals surface area contributed by atoms with Gasteiger partial charge in [0, 0.05) is 53.1 Å². The molecule has 0 atom stereocenters. The number of thiophene rings is 1. The Labute approximate surface area is 316 Å². The first kappa shape index (κ1) is 30.7. The third-order valence-corrected chi connectivity index (χ3v) is 11.8. The van der Waals surface area contributed by atoms with Gasteiger partial charge >= 0.3 is 0 Å². The van der Waals surface area contributed by atoms with Crippen LogP contribution in [0.25, 0.3) is 103 Å². The Morgan fingerprint density at radius 3 is 1.94 bits per heavy atom. The van der Waals surface area contributed by atoms with Crippen LogP contribution in [0.1, 0.15) is 0 Å². The fourth-order valence-corrected chi connectivity index (χ4v) is 9.30. The molecule has 0 N–H and O–H groups in total. The molecule has 3 aromatic heterocycles. The van der Waals surface area contributed by atoms with Gasteiger partial charge in [0.1, 0.15) is 0 Å². The maximum absolute atomic E-state index is 5.33. The highest BCUT2D eigenvalue weighted by atomic mass is 32.1. The van der Waals surface area contributed by atoms with E-state index in [9.17, 15) is 0 Å². The number of aromatic nitrogens is 3. The summed E-state index contributed by atoms with van der Waals surface area (Å²) in [7, 11) is 0. The molecule has 0 saturated heterocycles. The van der Waals surface area contributed by atoms with Gasteiger partial charge in [-0.15, -0.1) is 11.3 Å². The Morgan fingerprint density at radius 1 is 0.389 bits per heavy atom. The molecule has 54 heavy (non-hydrogen) atoms. The summed E-state index contributed by atoms with van der Waals surface area (Å²) >= 11 is 1.85. The molecular formula is C50H31N3S. The number of benzene rings is 8. The quantitative estimate of drug-likeness (QED) is 0.178. The van der Waals surface area contributed by atoms with Crippen LogP contribution in [-0.4, -0.2) is 14.5 Å². The summed E-state index contributed by atoms with van der Waals surface area (Å²) < 4.78 is 4.98. The van der Waals surface area contributed by atoms with Crippen LogP contribution in [0.2, 0.25) is 0 Å². The minimum atomic E-state index is 0.716. The second-order valence-electron chi connectivity index (χ2n) is 13.8. The largest absolute Gasteiger partial charge is 0.309 e. The van der Waals surface area contributed by atoms with Gasteiger partial charge in [0.15, 0.2) is 5.82 Å². The predicted molar refractivity (Wildman–Crippen MR) is 229 cm³/mol. The van der Waals surface area contributed by atoms with E-state index >= 15 is 0 Å².